The van der Waals surface area contributed by atoms with Gasteiger partial charge in [-0.15, -0.1) is 0 Å². The molecule has 58 valence electrons. The zero-order valence-corrected chi connectivity index (χ0v) is 5.97. The van der Waals surface area contributed by atoms with Gasteiger partial charge in [0.25, 0.3) is 6.02 Å². The molecule has 2 amide bonds. The Morgan fingerprint density at radius 1 is 1.70 bits per heavy atom. The predicted octanol–water partition coefficient (Wildman–Crippen LogP) is 0.0145. The number of nitrogens with two attached hydrogens (primary N) is 1. The van der Waals surface area contributed by atoms with Crippen molar-refractivity contribution in [2.45, 2.75) is 20.0 Å². The van der Waals surface area contributed by atoms with Gasteiger partial charge < -0.3 is 10.5 Å². The Morgan fingerprint density at radius 2 is 2.20 bits per heavy atom. The van der Waals surface area contributed by atoms with Crippen molar-refractivity contribution in [3.05, 3.63) is 0 Å². The van der Waals surface area contributed by atoms with Crippen LogP contribution in [0.4, 0.5) is 4.79 Å². The van der Waals surface area contributed by atoms with Crippen LogP contribution < -0.4 is 11.1 Å². The third-order valence-electron chi connectivity index (χ3n) is 0.590. The van der Waals surface area contributed by atoms with E-state index in [1.54, 1.807) is 13.8 Å². The van der Waals surface area contributed by atoms with Crippen LogP contribution in [0.15, 0.2) is 0 Å². The van der Waals surface area contributed by atoms with Crippen LogP contribution in [-0.2, 0) is 4.74 Å². The number of nitrogens with one attached hydrogen (secondary N) is 2. The molecule has 10 heavy (non-hydrogen) atoms. The molecule has 0 unspecified atom stereocenters. The van der Waals surface area contributed by atoms with E-state index in [-0.39, 0.29) is 12.1 Å². The van der Waals surface area contributed by atoms with Gasteiger partial charge in [-0.3, -0.25) is 10.7 Å². The van der Waals surface area contributed by atoms with Crippen LogP contribution in [0.25, 0.3) is 0 Å². The number of urea groups is 1. The molecule has 4 N–H and O–H groups in total. The fourth-order valence-electron chi connectivity index (χ4n) is 0.377. The fraction of sp³-hybridized carbons (Fsp3) is 0.600. The molecule has 0 bridgehead atoms. The molecule has 0 heterocycles. The maximum Gasteiger partial charge on any atom is 0.320 e. The summed E-state index contributed by atoms with van der Waals surface area (Å²) in [6, 6.07) is -1.10. The fourth-order valence-corrected chi connectivity index (χ4v) is 0.377. The van der Waals surface area contributed by atoms with E-state index in [0.29, 0.717) is 0 Å². The highest BCUT2D eigenvalue weighted by Crippen LogP contribution is 1.85. The molecular weight excluding hydrogens is 134 g/mol. The summed E-state index contributed by atoms with van der Waals surface area (Å²) in [5.41, 5.74) is 4.70. The van der Waals surface area contributed by atoms with Gasteiger partial charge in [0.1, 0.15) is 0 Å². The first-order valence-corrected chi connectivity index (χ1v) is 2.84. The van der Waals surface area contributed by atoms with Crippen LogP contribution in [0.5, 0.6) is 0 Å². The lowest BCUT2D eigenvalue weighted by atomic mass is 10.5. The molecule has 0 rings (SSSR count). The minimum absolute atomic E-state index is 0.126. The molecular formula is C5H11N3O2. The first-order valence-electron chi connectivity index (χ1n) is 2.84. The number of rotatable bonds is 1. The normalized spacial score (nSPS) is 9.10. The van der Waals surface area contributed by atoms with E-state index in [0.717, 1.165) is 0 Å². The summed E-state index contributed by atoms with van der Waals surface area (Å²) in [4.78, 5) is 10.1. The molecule has 0 saturated carbocycles. The van der Waals surface area contributed by atoms with E-state index in [1.165, 1.54) is 0 Å². The second kappa shape index (κ2) is 3.71. The van der Waals surface area contributed by atoms with Gasteiger partial charge in [-0.1, -0.05) is 0 Å². The van der Waals surface area contributed by atoms with Crippen molar-refractivity contribution in [3.8, 4) is 0 Å². The van der Waals surface area contributed by atoms with Crippen LogP contribution in [0.3, 0.4) is 0 Å². The Kier molecular flexibility index (Phi) is 3.24. The first-order chi connectivity index (χ1) is 4.52. The van der Waals surface area contributed by atoms with Gasteiger partial charge in [-0.05, 0) is 13.8 Å². The SMILES string of the molecule is CC(C)OC(=N)NC(N)=O. The highest BCUT2D eigenvalue weighted by Gasteiger charge is 2.01. The van der Waals surface area contributed by atoms with E-state index >= 15 is 0 Å². The molecule has 0 aromatic rings. The molecule has 0 fully saturated rings. The van der Waals surface area contributed by atoms with Crippen molar-refractivity contribution in [3.63, 3.8) is 0 Å². The maximum atomic E-state index is 10.1. The molecule has 0 aliphatic heterocycles. The number of primary amides is 1. The molecule has 0 aliphatic rings. The smallest absolute Gasteiger partial charge is 0.320 e. The van der Waals surface area contributed by atoms with Crippen molar-refractivity contribution < 1.29 is 9.53 Å². The number of carbonyl (C=O) groups is 1. The van der Waals surface area contributed by atoms with Gasteiger partial charge in [-0.2, -0.15) is 0 Å². The average Bonchev–Trinajstić information content (AvgIpc) is 1.58. The second-order valence-electron chi connectivity index (χ2n) is 1.98. The van der Waals surface area contributed by atoms with Crippen molar-refractivity contribution in [1.82, 2.24) is 5.32 Å². The quantitative estimate of drug-likeness (QED) is 0.358. The van der Waals surface area contributed by atoms with E-state index in [4.69, 9.17) is 15.9 Å². The molecule has 0 atom stereocenters. The molecule has 0 radical (unpaired) electrons. The Hall–Kier alpha value is -1.26. The summed E-state index contributed by atoms with van der Waals surface area (Å²) in [6.45, 7) is 3.49. The lowest BCUT2D eigenvalue weighted by molar-refractivity contribution is 0.211. The minimum atomic E-state index is -0.786. The van der Waals surface area contributed by atoms with Gasteiger partial charge in [-0.25, -0.2) is 4.79 Å². The first kappa shape index (κ1) is 8.74. The molecule has 0 aromatic carbocycles. The van der Waals surface area contributed by atoms with Gasteiger partial charge in [0.05, 0.1) is 6.10 Å². The van der Waals surface area contributed by atoms with Crippen LogP contribution in [0.1, 0.15) is 13.8 Å². The highest BCUT2D eigenvalue weighted by atomic mass is 16.5. The van der Waals surface area contributed by atoms with Crippen molar-refractivity contribution in [2.75, 3.05) is 0 Å². The topological polar surface area (TPSA) is 88.2 Å². The van der Waals surface area contributed by atoms with Crippen molar-refractivity contribution >= 4 is 12.1 Å². The standard InChI is InChI=1S/C5H11N3O2/c1-3(2)10-5(7)8-4(6)9/h3H,1-2H3,(H4,6,7,8,9). The predicted molar refractivity (Wildman–Crippen MR) is 36.7 cm³/mol. The summed E-state index contributed by atoms with van der Waals surface area (Å²) >= 11 is 0. The van der Waals surface area contributed by atoms with Gasteiger partial charge in [0.15, 0.2) is 0 Å². The molecule has 0 saturated heterocycles. The Morgan fingerprint density at radius 3 is 2.50 bits per heavy atom. The van der Waals surface area contributed by atoms with Crippen LogP contribution in [0, 0.1) is 5.41 Å². The molecule has 0 spiro atoms. The monoisotopic (exact) mass is 145 g/mol. The lowest BCUT2D eigenvalue weighted by Crippen LogP contribution is -2.37. The molecule has 0 aliphatic carbocycles. The maximum absolute atomic E-state index is 10.1. The van der Waals surface area contributed by atoms with Gasteiger partial charge in [0, 0.05) is 0 Å². The van der Waals surface area contributed by atoms with E-state index < -0.39 is 6.03 Å². The minimum Gasteiger partial charge on any atom is -0.462 e. The van der Waals surface area contributed by atoms with E-state index in [9.17, 15) is 4.79 Å². The molecule has 0 aromatic heterocycles. The average molecular weight is 145 g/mol. The van der Waals surface area contributed by atoms with Crippen molar-refractivity contribution in [1.29, 1.82) is 5.41 Å². The van der Waals surface area contributed by atoms with E-state index in [2.05, 4.69) is 0 Å². The Bertz CT molecular complexity index is 144. The summed E-state index contributed by atoms with van der Waals surface area (Å²) in [5, 5.41) is 8.89. The number of carbonyl (C=O) groups excluding carboxylic acids is 1. The molecule has 5 nitrogen and oxygen atoms in total. The summed E-state index contributed by atoms with van der Waals surface area (Å²) < 4.78 is 4.73. The highest BCUT2D eigenvalue weighted by molar-refractivity contribution is 5.90. The zero-order valence-electron chi connectivity index (χ0n) is 5.97. The lowest BCUT2D eigenvalue weighted by Gasteiger charge is -2.08. The summed E-state index contributed by atoms with van der Waals surface area (Å²) in [7, 11) is 0. The largest absolute Gasteiger partial charge is 0.462 e. The second-order valence-corrected chi connectivity index (χ2v) is 1.98. The number of amides is 2. The van der Waals surface area contributed by atoms with Crippen molar-refractivity contribution in [2.24, 2.45) is 5.73 Å². The van der Waals surface area contributed by atoms with Crippen LogP contribution in [0.2, 0.25) is 0 Å². The number of ether oxygens (including phenoxy) is 1. The number of amidine groups is 1. The Balaban J connectivity index is 3.54. The third kappa shape index (κ3) is 4.89. The van der Waals surface area contributed by atoms with Crippen LogP contribution in [-0.4, -0.2) is 18.2 Å². The number of hydrogen-bond acceptors (Lipinski definition) is 3. The van der Waals surface area contributed by atoms with E-state index in [1.807, 2.05) is 5.32 Å². The number of hydrogen-bond donors (Lipinski definition) is 3. The zero-order chi connectivity index (χ0) is 8.15. The summed E-state index contributed by atoms with van der Waals surface area (Å²) in [6.07, 6.45) is -0.126. The van der Waals surface area contributed by atoms with Crippen LogP contribution >= 0.6 is 0 Å². The third-order valence-corrected chi connectivity index (χ3v) is 0.590. The van der Waals surface area contributed by atoms with Gasteiger partial charge in [0.2, 0.25) is 0 Å². The molecule has 5 heteroatoms. The summed E-state index contributed by atoms with van der Waals surface area (Å²) in [5.74, 6) is 0. The van der Waals surface area contributed by atoms with Gasteiger partial charge >= 0.3 is 6.03 Å². The Labute approximate surface area is 59.0 Å².